The van der Waals surface area contributed by atoms with Gasteiger partial charge in [0.2, 0.25) is 0 Å². The minimum absolute atomic E-state index is 0.00527. The molecule has 0 radical (unpaired) electrons. The quantitative estimate of drug-likeness (QED) is 0.774. The van der Waals surface area contributed by atoms with Crippen LogP contribution in [0.4, 0.5) is 5.69 Å². The molecule has 1 aromatic rings. The Morgan fingerprint density at radius 3 is 2.90 bits per heavy atom. The summed E-state index contributed by atoms with van der Waals surface area (Å²) >= 11 is 5.94. The maximum absolute atomic E-state index is 11.8. The van der Waals surface area contributed by atoms with E-state index in [0.29, 0.717) is 18.7 Å². The number of nitrogens with one attached hydrogen (secondary N) is 1. The molecule has 0 aromatic carbocycles. The number of rotatable bonds is 5. The average Bonchev–Trinajstić information content (AvgIpc) is 2.74. The van der Waals surface area contributed by atoms with Crippen LogP contribution < -0.4 is 10.9 Å². The van der Waals surface area contributed by atoms with E-state index in [2.05, 4.69) is 10.4 Å². The molecule has 0 saturated carbocycles. The zero-order chi connectivity index (χ0) is 14.8. The fourth-order valence-electron chi connectivity index (χ4n) is 2.13. The normalized spacial score (nSPS) is 21.0. The average molecular weight is 322 g/mol. The highest BCUT2D eigenvalue weighted by Gasteiger charge is 2.27. The Labute approximate surface area is 121 Å². The topological polar surface area (TPSA) is 101 Å². The van der Waals surface area contributed by atoms with Gasteiger partial charge in [-0.3, -0.25) is 4.79 Å². The predicted molar refractivity (Wildman–Crippen MR) is 75.8 cm³/mol. The van der Waals surface area contributed by atoms with Gasteiger partial charge in [0, 0.05) is 6.54 Å². The van der Waals surface area contributed by atoms with E-state index in [1.54, 1.807) is 0 Å². The van der Waals surface area contributed by atoms with Crippen molar-refractivity contribution in [1.82, 2.24) is 9.78 Å². The van der Waals surface area contributed by atoms with Gasteiger partial charge in [-0.1, -0.05) is 11.6 Å². The summed E-state index contributed by atoms with van der Waals surface area (Å²) in [6.45, 7) is 0.319. The van der Waals surface area contributed by atoms with Gasteiger partial charge in [-0.15, -0.1) is 0 Å². The fraction of sp³-hybridized carbons (Fsp3) is 0.636. The predicted octanol–water partition coefficient (Wildman–Crippen LogP) is -0.264. The van der Waals surface area contributed by atoms with E-state index >= 15 is 0 Å². The molecule has 1 atom stereocenters. The van der Waals surface area contributed by atoms with Crippen molar-refractivity contribution in [2.24, 2.45) is 5.92 Å². The Bertz CT molecular complexity index is 644. The highest BCUT2D eigenvalue weighted by molar-refractivity contribution is 7.91. The molecule has 2 heterocycles. The molecule has 1 aliphatic heterocycles. The second-order valence-corrected chi connectivity index (χ2v) is 7.38. The largest absolute Gasteiger partial charge is 0.394 e. The van der Waals surface area contributed by atoms with E-state index in [-0.39, 0.29) is 35.6 Å². The number of sulfone groups is 1. The van der Waals surface area contributed by atoms with Crippen LogP contribution in [-0.2, 0) is 16.4 Å². The lowest BCUT2D eigenvalue weighted by Crippen LogP contribution is -2.26. The molecule has 1 saturated heterocycles. The maximum Gasteiger partial charge on any atom is 0.287 e. The third-order valence-electron chi connectivity index (χ3n) is 3.20. The standard InChI is InChI=1S/C11H16ClN3O4S/c12-10-9(6-14-15(2-3-16)11(10)17)13-5-8-1-4-20(18,19)7-8/h6,8,13,16H,1-5,7H2. The SMILES string of the molecule is O=c1c(Cl)c(NCC2CCS(=O)(=O)C2)cnn1CCO. The van der Waals surface area contributed by atoms with Crippen LogP contribution >= 0.6 is 11.6 Å². The minimum Gasteiger partial charge on any atom is -0.394 e. The van der Waals surface area contributed by atoms with Crippen LogP contribution in [0.1, 0.15) is 6.42 Å². The van der Waals surface area contributed by atoms with Crippen molar-refractivity contribution in [2.75, 3.05) is 30.0 Å². The van der Waals surface area contributed by atoms with Crippen molar-refractivity contribution in [3.8, 4) is 0 Å². The number of halogens is 1. The lowest BCUT2D eigenvalue weighted by atomic mass is 10.1. The van der Waals surface area contributed by atoms with Gasteiger partial charge in [-0.25, -0.2) is 13.1 Å². The van der Waals surface area contributed by atoms with Crippen molar-refractivity contribution in [2.45, 2.75) is 13.0 Å². The van der Waals surface area contributed by atoms with Crippen LogP contribution in [0.5, 0.6) is 0 Å². The number of aliphatic hydroxyl groups is 1. The summed E-state index contributed by atoms with van der Waals surface area (Å²) in [6.07, 6.45) is 2.02. The zero-order valence-corrected chi connectivity index (χ0v) is 12.3. The molecule has 1 fully saturated rings. The molecule has 0 spiro atoms. The summed E-state index contributed by atoms with van der Waals surface area (Å²) in [5.41, 5.74) is -0.0973. The molecule has 0 bridgehead atoms. The first-order valence-electron chi connectivity index (χ1n) is 6.24. The van der Waals surface area contributed by atoms with E-state index in [4.69, 9.17) is 16.7 Å². The monoisotopic (exact) mass is 321 g/mol. The Hall–Kier alpha value is -1.12. The third kappa shape index (κ3) is 3.50. The highest BCUT2D eigenvalue weighted by atomic mass is 35.5. The molecule has 1 unspecified atom stereocenters. The number of aromatic nitrogens is 2. The smallest absolute Gasteiger partial charge is 0.287 e. The lowest BCUT2D eigenvalue weighted by molar-refractivity contribution is 0.266. The Balaban J connectivity index is 2.04. The van der Waals surface area contributed by atoms with Gasteiger partial charge in [-0.05, 0) is 12.3 Å². The second kappa shape index (κ2) is 6.11. The van der Waals surface area contributed by atoms with Gasteiger partial charge in [0.05, 0.1) is 36.5 Å². The zero-order valence-electron chi connectivity index (χ0n) is 10.7. The molecule has 7 nitrogen and oxygen atoms in total. The number of anilines is 1. The molecule has 0 amide bonds. The van der Waals surface area contributed by atoms with Gasteiger partial charge < -0.3 is 10.4 Å². The lowest BCUT2D eigenvalue weighted by Gasteiger charge is -2.12. The Morgan fingerprint density at radius 2 is 2.30 bits per heavy atom. The summed E-state index contributed by atoms with van der Waals surface area (Å²) in [6, 6.07) is 0. The van der Waals surface area contributed by atoms with Crippen LogP contribution in [0.2, 0.25) is 5.02 Å². The molecule has 112 valence electrons. The van der Waals surface area contributed by atoms with Crippen LogP contribution in [-0.4, -0.2) is 48.0 Å². The Kier molecular flexibility index (Phi) is 4.66. The third-order valence-corrected chi connectivity index (χ3v) is 5.41. The van der Waals surface area contributed by atoms with Gasteiger partial charge in [0.25, 0.3) is 5.56 Å². The second-order valence-electron chi connectivity index (χ2n) is 4.77. The summed E-state index contributed by atoms with van der Waals surface area (Å²) in [5, 5.41) is 15.6. The fourth-order valence-corrected chi connectivity index (χ4v) is 4.20. The molecule has 2 N–H and O–H groups in total. The van der Waals surface area contributed by atoms with E-state index in [0.717, 1.165) is 4.68 Å². The van der Waals surface area contributed by atoms with Gasteiger partial charge in [0.15, 0.2) is 9.84 Å². The number of hydrogen-bond acceptors (Lipinski definition) is 6. The van der Waals surface area contributed by atoms with E-state index in [1.807, 2.05) is 0 Å². The maximum atomic E-state index is 11.8. The van der Waals surface area contributed by atoms with Crippen molar-refractivity contribution < 1.29 is 13.5 Å². The molecule has 2 rings (SSSR count). The number of hydrogen-bond donors (Lipinski definition) is 2. The number of nitrogens with zero attached hydrogens (tertiary/aromatic N) is 2. The summed E-state index contributed by atoms with van der Waals surface area (Å²) < 4.78 is 23.8. The van der Waals surface area contributed by atoms with Crippen LogP contribution in [0.3, 0.4) is 0 Å². The molecule has 1 aromatic heterocycles. The highest BCUT2D eigenvalue weighted by Crippen LogP contribution is 2.21. The molecule has 9 heteroatoms. The van der Waals surface area contributed by atoms with Crippen molar-refractivity contribution in [3.05, 3.63) is 21.6 Å². The Morgan fingerprint density at radius 1 is 1.55 bits per heavy atom. The van der Waals surface area contributed by atoms with E-state index in [1.165, 1.54) is 6.20 Å². The summed E-state index contributed by atoms with van der Waals surface area (Å²) in [7, 11) is -2.91. The first-order valence-corrected chi connectivity index (χ1v) is 8.43. The molecule has 0 aliphatic carbocycles. The van der Waals surface area contributed by atoms with Crippen LogP contribution in [0, 0.1) is 5.92 Å². The first kappa shape index (κ1) is 15.3. The van der Waals surface area contributed by atoms with Crippen molar-refractivity contribution >= 4 is 27.1 Å². The molecule has 1 aliphatic rings. The van der Waals surface area contributed by atoms with Gasteiger partial charge in [-0.2, -0.15) is 5.10 Å². The molecular formula is C11H16ClN3O4S. The van der Waals surface area contributed by atoms with Crippen molar-refractivity contribution in [3.63, 3.8) is 0 Å². The van der Waals surface area contributed by atoms with Gasteiger partial charge in [0.1, 0.15) is 5.02 Å². The van der Waals surface area contributed by atoms with Crippen molar-refractivity contribution in [1.29, 1.82) is 0 Å². The summed E-state index contributed by atoms with van der Waals surface area (Å²) in [4.78, 5) is 11.8. The van der Waals surface area contributed by atoms with Crippen LogP contribution in [0.25, 0.3) is 0 Å². The van der Waals surface area contributed by atoms with E-state index < -0.39 is 15.4 Å². The van der Waals surface area contributed by atoms with Gasteiger partial charge >= 0.3 is 0 Å². The molecular weight excluding hydrogens is 306 g/mol. The first-order chi connectivity index (χ1) is 9.43. The van der Waals surface area contributed by atoms with E-state index in [9.17, 15) is 13.2 Å². The summed E-state index contributed by atoms with van der Waals surface area (Å²) in [5.74, 6) is 0.395. The van der Waals surface area contributed by atoms with Crippen LogP contribution in [0.15, 0.2) is 11.0 Å². The number of aliphatic hydroxyl groups excluding tert-OH is 1. The molecule has 20 heavy (non-hydrogen) atoms. The minimum atomic E-state index is -2.91.